The molecule has 2 heterocycles. The van der Waals surface area contributed by atoms with Crippen LogP contribution in [0, 0.1) is 0 Å². The Morgan fingerprint density at radius 3 is 2.55 bits per heavy atom. The Labute approximate surface area is 191 Å². The molecule has 170 valence electrons. The molecule has 2 amide bonds. The minimum atomic E-state index is -0.974. The van der Waals surface area contributed by atoms with Crippen molar-refractivity contribution in [1.82, 2.24) is 4.90 Å². The highest BCUT2D eigenvalue weighted by Crippen LogP contribution is 2.27. The molecular formula is C26H25NO6. The van der Waals surface area contributed by atoms with Crippen molar-refractivity contribution >= 4 is 23.6 Å². The molecule has 1 saturated heterocycles. The Morgan fingerprint density at radius 2 is 1.76 bits per heavy atom. The third kappa shape index (κ3) is 3.97. The van der Waals surface area contributed by atoms with Crippen molar-refractivity contribution in [3.05, 3.63) is 69.8 Å². The third-order valence-electron chi connectivity index (χ3n) is 6.65. The summed E-state index contributed by atoms with van der Waals surface area (Å²) in [4.78, 5) is 52.2. The van der Waals surface area contributed by atoms with Crippen molar-refractivity contribution in [1.29, 1.82) is 0 Å². The molecule has 5 rings (SSSR count). The van der Waals surface area contributed by atoms with Gasteiger partial charge in [0, 0.05) is 12.2 Å². The molecule has 2 aromatic carbocycles. The Hall–Kier alpha value is -3.32. The number of aryl methyl sites for hydroxylation is 2. The second kappa shape index (κ2) is 8.56. The summed E-state index contributed by atoms with van der Waals surface area (Å²) >= 11 is 0. The molecule has 0 bridgehead atoms. The Kier molecular flexibility index (Phi) is 5.58. The normalized spacial score (nSPS) is 20.0. The number of carbonyl (C=O) groups excluding carboxylic acids is 4. The highest BCUT2D eigenvalue weighted by Gasteiger charge is 2.38. The van der Waals surface area contributed by atoms with Gasteiger partial charge in [-0.25, -0.2) is 4.79 Å². The number of carbonyl (C=O) groups is 4. The molecule has 2 aromatic rings. The van der Waals surface area contributed by atoms with Gasteiger partial charge in [0.15, 0.2) is 6.10 Å². The van der Waals surface area contributed by atoms with E-state index in [0.29, 0.717) is 12.2 Å². The lowest BCUT2D eigenvalue weighted by atomic mass is 10.0. The van der Waals surface area contributed by atoms with Crippen molar-refractivity contribution in [2.45, 2.75) is 51.2 Å². The zero-order chi connectivity index (χ0) is 23.1. The number of fused-ring (bicyclic) bond motifs is 2. The van der Waals surface area contributed by atoms with Crippen LogP contribution in [-0.4, -0.2) is 53.8 Å². The van der Waals surface area contributed by atoms with Crippen LogP contribution in [0.5, 0.6) is 0 Å². The van der Waals surface area contributed by atoms with Gasteiger partial charge in [0.25, 0.3) is 11.8 Å². The molecule has 2 unspecified atom stereocenters. The van der Waals surface area contributed by atoms with Crippen molar-refractivity contribution in [3.8, 4) is 0 Å². The van der Waals surface area contributed by atoms with Crippen LogP contribution in [0.25, 0.3) is 0 Å². The quantitative estimate of drug-likeness (QED) is 0.383. The van der Waals surface area contributed by atoms with Gasteiger partial charge in [-0.15, -0.1) is 0 Å². The number of esters is 1. The first-order valence-electron chi connectivity index (χ1n) is 11.4. The van der Waals surface area contributed by atoms with Crippen molar-refractivity contribution in [3.63, 3.8) is 0 Å². The first-order chi connectivity index (χ1) is 15.9. The summed E-state index contributed by atoms with van der Waals surface area (Å²) < 4.78 is 11.0. The molecule has 1 fully saturated rings. The zero-order valence-corrected chi connectivity index (χ0v) is 18.5. The van der Waals surface area contributed by atoms with Gasteiger partial charge in [0.1, 0.15) is 0 Å². The number of rotatable bonds is 6. The minimum Gasteiger partial charge on any atom is -0.451 e. The first-order valence-corrected chi connectivity index (χ1v) is 11.4. The molecule has 33 heavy (non-hydrogen) atoms. The van der Waals surface area contributed by atoms with Gasteiger partial charge in [-0.3, -0.25) is 19.3 Å². The second-order valence-corrected chi connectivity index (χ2v) is 8.87. The number of ketones is 1. The SMILES string of the molecule is CC(OC(=O)c1ccc2c(c1)C(=O)N(CC1CCCO1)C2=O)C(=O)c1ccc2c(c1)CCC2. The number of hydrogen-bond donors (Lipinski definition) is 0. The fourth-order valence-electron chi connectivity index (χ4n) is 4.82. The van der Waals surface area contributed by atoms with Gasteiger partial charge in [-0.05, 0) is 74.4 Å². The van der Waals surface area contributed by atoms with Crippen LogP contribution in [0.15, 0.2) is 36.4 Å². The van der Waals surface area contributed by atoms with Gasteiger partial charge >= 0.3 is 5.97 Å². The largest absolute Gasteiger partial charge is 0.451 e. The molecule has 2 atom stereocenters. The number of benzene rings is 2. The van der Waals surface area contributed by atoms with E-state index in [2.05, 4.69) is 0 Å². The summed E-state index contributed by atoms with van der Waals surface area (Å²) in [6.07, 6.45) is 3.66. The van der Waals surface area contributed by atoms with Crippen molar-refractivity contribution in [2.24, 2.45) is 0 Å². The predicted molar refractivity (Wildman–Crippen MR) is 118 cm³/mol. The van der Waals surface area contributed by atoms with Crippen LogP contribution in [0.2, 0.25) is 0 Å². The Balaban J connectivity index is 1.28. The summed E-state index contributed by atoms with van der Waals surface area (Å²) in [5, 5.41) is 0. The summed E-state index contributed by atoms with van der Waals surface area (Å²) in [5.41, 5.74) is 3.52. The van der Waals surface area contributed by atoms with Crippen LogP contribution in [0.3, 0.4) is 0 Å². The van der Waals surface area contributed by atoms with E-state index in [4.69, 9.17) is 9.47 Å². The van der Waals surface area contributed by atoms with Crippen LogP contribution in [0.4, 0.5) is 0 Å². The van der Waals surface area contributed by atoms with E-state index in [9.17, 15) is 19.2 Å². The molecule has 1 aliphatic carbocycles. The first kappa shape index (κ1) is 21.5. The van der Waals surface area contributed by atoms with Gasteiger partial charge in [0.2, 0.25) is 5.78 Å². The number of ether oxygens (including phenoxy) is 2. The average Bonchev–Trinajstić information content (AvgIpc) is 3.55. The van der Waals surface area contributed by atoms with E-state index in [0.717, 1.165) is 32.1 Å². The van der Waals surface area contributed by atoms with E-state index in [1.165, 1.54) is 34.2 Å². The monoisotopic (exact) mass is 447 g/mol. The number of imide groups is 1. The molecule has 3 aliphatic rings. The number of hydrogen-bond acceptors (Lipinski definition) is 6. The fraction of sp³-hybridized carbons (Fsp3) is 0.385. The lowest BCUT2D eigenvalue weighted by molar-refractivity contribution is 0.0318. The third-order valence-corrected chi connectivity index (χ3v) is 6.65. The van der Waals surface area contributed by atoms with Crippen LogP contribution in [-0.2, 0) is 22.3 Å². The molecule has 0 aromatic heterocycles. The molecule has 0 spiro atoms. The van der Waals surface area contributed by atoms with Gasteiger partial charge in [-0.2, -0.15) is 0 Å². The fourth-order valence-corrected chi connectivity index (χ4v) is 4.82. The van der Waals surface area contributed by atoms with Crippen molar-refractivity contribution in [2.75, 3.05) is 13.2 Å². The number of nitrogens with zero attached hydrogens (tertiary/aromatic N) is 1. The van der Waals surface area contributed by atoms with E-state index < -0.39 is 18.0 Å². The van der Waals surface area contributed by atoms with Gasteiger partial charge in [-0.1, -0.05) is 12.1 Å². The van der Waals surface area contributed by atoms with Gasteiger partial charge < -0.3 is 9.47 Å². The van der Waals surface area contributed by atoms with Gasteiger partial charge in [0.05, 0.1) is 29.3 Å². The molecule has 7 nitrogen and oxygen atoms in total. The number of amides is 2. The van der Waals surface area contributed by atoms with Crippen LogP contribution in [0.1, 0.15) is 78.7 Å². The zero-order valence-electron chi connectivity index (χ0n) is 18.5. The summed E-state index contributed by atoms with van der Waals surface area (Å²) in [7, 11) is 0. The number of Topliss-reactive ketones (excluding diaryl/α,β-unsaturated/α-hetero) is 1. The minimum absolute atomic E-state index is 0.127. The molecule has 0 saturated carbocycles. The molecular weight excluding hydrogens is 422 g/mol. The maximum absolute atomic E-state index is 12.8. The van der Waals surface area contributed by atoms with E-state index in [-0.39, 0.29) is 41.0 Å². The lowest BCUT2D eigenvalue weighted by Crippen LogP contribution is -2.36. The average molecular weight is 447 g/mol. The van der Waals surface area contributed by atoms with E-state index in [1.54, 1.807) is 13.0 Å². The van der Waals surface area contributed by atoms with Crippen LogP contribution < -0.4 is 0 Å². The summed E-state index contributed by atoms with van der Waals surface area (Å²) in [6, 6.07) is 9.93. The highest BCUT2D eigenvalue weighted by atomic mass is 16.5. The molecule has 2 aliphatic heterocycles. The summed E-state index contributed by atoms with van der Waals surface area (Å²) in [5.74, 6) is -1.81. The van der Waals surface area contributed by atoms with Crippen LogP contribution >= 0.6 is 0 Å². The van der Waals surface area contributed by atoms with E-state index >= 15 is 0 Å². The second-order valence-electron chi connectivity index (χ2n) is 8.87. The van der Waals surface area contributed by atoms with Crippen molar-refractivity contribution < 1.29 is 28.7 Å². The maximum Gasteiger partial charge on any atom is 0.338 e. The highest BCUT2D eigenvalue weighted by molar-refractivity contribution is 6.22. The molecule has 0 radical (unpaired) electrons. The smallest absolute Gasteiger partial charge is 0.338 e. The Morgan fingerprint density at radius 1 is 1.00 bits per heavy atom. The Bertz CT molecular complexity index is 1160. The lowest BCUT2D eigenvalue weighted by Gasteiger charge is -2.17. The van der Waals surface area contributed by atoms with E-state index in [1.807, 2.05) is 12.1 Å². The molecule has 0 N–H and O–H groups in total. The standard InChI is InChI=1S/C26H25NO6/c1-15(23(28)18-8-7-16-4-2-5-17(16)12-18)33-26(31)19-9-10-21-22(13-19)25(30)27(24(21)29)14-20-6-3-11-32-20/h7-10,12-13,15,20H,2-6,11,14H2,1H3. The maximum atomic E-state index is 12.8. The predicted octanol–water partition coefficient (Wildman–Crippen LogP) is 3.38. The molecule has 7 heteroatoms. The topological polar surface area (TPSA) is 90.0 Å². The summed E-state index contributed by atoms with van der Waals surface area (Å²) in [6.45, 7) is 2.38.